The maximum atomic E-state index is 12.6. The van der Waals surface area contributed by atoms with Gasteiger partial charge in [0.1, 0.15) is 5.69 Å². The lowest BCUT2D eigenvalue weighted by Crippen LogP contribution is -2.31. The van der Waals surface area contributed by atoms with Crippen molar-refractivity contribution in [3.05, 3.63) is 64.8 Å². The molecule has 0 N–H and O–H groups in total. The van der Waals surface area contributed by atoms with E-state index in [1.165, 1.54) is 0 Å². The number of nitrogens with zero attached hydrogens (tertiary/aromatic N) is 2. The Morgan fingerprint density at radius 3 is 2.83 bits per heavy atom. The van der Waals surface area contributed by atoms with Crippen molar-refractivity contribution in [1.29, 1.82) is 0 Å². The van der Waals surface area contributed by atoms with Crippen LogP contribution in [-0.2, 0) is 17.8 Å². The van der Waals surface area contributed by atoms with E-state index in [2.05, 4.69) is 5.16 Å². The minimum Gasteiger partial charge on any atom is -0.356 e. The monoisotopic (exact) mass is 328 g/mol. The van der Waals surface area contributed by atoms with E-state index in [9.17, 15) is 4.79 Å². The Labute approximate surface area is 139 Å². The highest BCUT2D eigenvalue weighted by Gasteiger charge is 2.17. The van der Waals surface area contributed by atoms with Crippen LogP contribution in [0.15, 0.2) is 53.1 Å². The molecule has 0 fully saturated rings. The normalized spacial score (nSPS) is 10.9. The number of carbonyl (C=O) groups is 1. The Morgan fingerprint density at radius 1 is 1.22 bits per heavy atom. The number of benzene rings is 2. The van der Waals surface area contributed by atoms with E-state index in [0.717, 1.165) is 10.9 Å². The van der Waals surface area contributed by atoms with Gasteiger partial charge in [0.15, 0.2) is 5.58 Å². The second-order valence-electron chi connectivity index (χ2n) is 5.34. The second kappa shape index (κ2) is 6.84. The molecule has 118 valence electrons. The Bertz CT molecular complexity index is 829. The van der Waals surface area contributed by atoms with E-state index in [0.29, 0.717) is 29.4 Å². The molecule has 2 aromatic carbocycles. The second-order valence-corrected chi connectivity index (χ2v) is 5.78. The van der Waals surface area contributed by atoms with Gasteiger partial charge in [0.05, 0.1) is 6.42 Å². The number of halogens is 1. The molecule has 0 unspecified atom stereocenters. The third kappa shape index (κ3) is 3.54. The van der Waals surface area contributed by atoms with Crippen molar-refractivity contribution in [1.82, 2.24) is 10.1 Å². The number of aromatic nitrogens is 1. The summed E-state index contributed by atoms with van der Waals surface area (Å²) in [6.45, 7) is 3.12. The first-order valence-corrected chi connectivity index (χ1v) is 7.90. The Kier molecular flexibility index (Phi) is 4.63. The lowest BCUT2D eigenvalue weighted by molar-refractivity contribution is -0.130. The van der Waals surface area contributed by atoms with Gasteiger partial charge in [0.2, 0.25) is 5.91 Å². The minimum atomic E-state index is 0.0199. The summed E-state index contributed by atoms with van der Waals surface area (Å²) in [5, 5.41) is 5.59. The third-order valence-corrected chi connectivity index (χ3v) is 4.00. The number of rotatable bonds is 5. The van der Waals surface area contributed by atoms with E-state index in [4.69, 9.17) is 16.1 Å². The fraction of sp³-hybridized carbons (Fsp3) is 0.222. The third-order valence-electron chi connectivity index (χ3n) is 3.77. The Hall–Kier alpha value is -2.33. The molecule has 1 heterocycles. The molecule has 0 aliphatic carbocycles. The summed E-state index contributed by atoms with van der Waals surface area (Å²) in [5.74, 6) is 0.0199. The van der Waals surface area contributed by atoms with E-state index in [-0.39, 0.29) is 12.3 Å². The van der Waals surface area contributed by atoms with Gasteiger partial charge in [0, 0.05) is 23.5 Å². The first kappa shape index (κ1) is 15.6. The molecule has 23 heavy (non-hydrogen) atoms. The fourth-order valence-corrected chi connectivity index (χ4v) is 2.77. The van der Waals surface area contributed by atoms with Gasteiger partial charge >= 0.3 is 0 Å². The molecular formula is C18H17ClN2O2. The zero-order chi connectivity index (χ0) is 16.2. The molecule has 1 amide bonds. The lowest BCUT2D eigenvalue weighted by Gasteiger charge is -2.20. The van der Waals surface area contributed by atoms with Crippen molar-refractivity contribution < 1.29 is 9.32 Å². The van der Waals surface area contributed by atoms with Crippen LogP contribution in [0.3, 0.4) is 0 Å². The van der Waals surface area contributed by atoms with Crippen LogP contribution in [0.5, 0.6) is 0 Å². The number of hydrogen-bond acceptors (Lipinski definition) is 3. The zero-order valence-electron chi connectivity index (χ0n) is 12.8. The molecule has 1 aromatic heterocycles. The molecule has 0 saturated heterocycles. The van der Waals surface area contributed by atoms with Gasteiger partial charge in [-0.15, -0.1) is 0 Å². The SMILES string of the molecule is CCN(Cc1cccc(Cl)c1)C(=O)Cc1noc2ccccc12. The van der Waals surface area contributed by atoms with E-state index >= 15 is 0 Å². The topological polar surface area (TPSA) is 46.3 Å². The summed E-state index contributed by atoms with van der Waals surface area (Å²) >= 11 is 6.01. The van der Waals surface area contributed by atoms with Crippen LogP contribution in [-0.4, -0.2) is 22.5 Å². The molecule has 5 heteroatoms. The summed E-state index contributed by atoms with van der Waals surface area (Å²) in [7, 11) is 0. The summed E-state index contributed by atoms with van der Waals surface area (Å²) in [6, 6.07) is 15.1. The molecule has 0 saturated carbocycles. The van der Waals surface area contributed by atoms with Crippen LogP contribution in [0.25, 0.3) is 11.0 Å². The number of fused-ring (bicyclic) bond motifs is 1. The number of para-hydroxylation sites is 1. The number of hydrogen-bond donors (Lipinski definition) is 0. The first-order chi connectivity index (χ1) is 11.2. The van der Waals surface area contributed by atoms with Crippen molar-refractivity contribution in [3.8, 4) is 0 Å². The molecular weight excluding hydrogens is 312 g/mol. The van der Waals surface area contributed by atoms with Crippen LogP contribution in [0, 0.1) is 0 Å². The standard InChI is InChI=1S/C18H17ClN2O2/c1-2-21(12-13-6-5-7-14(19)10-13)18(22)11-16-15-8-3-4-9-17(15)23-20-16/h3-10H,2,11-12H2,1H3. The predicted octanol–water partition coefficient (Wildman–Crippen LogP) is 4.07. The maximum Gasteiger partial charge on any atom is 0.229 e. The van der Waals surface area contributed by atoms with Gasteiger partial charge in [-0.05, 0) is 36.8 Å². The zero-order valence-corrected chi connectivity index (χ0v) is 13.6. The van der Waals surface area contributed by atoms with Crippen molar-refractivity contribution in [2.24, 2.45) is 0 Å². The molecule has 0 atom stereocenters. The van der Waals surface area contributed by atoms with Crippen LogP contribution < -0.4 is 0 Å². The van der Waals surface area contributed by atoms with E-state index in [1.54, 1.807) is 4.90 Å². The minimum absolute atomic E-state index is 0.0199. The average molecular weight is 329 g/mol. The van der Waals surface area contributed by atoms with Crippen LogP contribution in [0.4, 0.5) is 0 Å². The molecule has 0 aliphatic heterocycles. The highest BCUT2D eigenvalue weighted by Crippen LogP contribution is 2.19. The van der Waals surface area contributed by atoms with Gasteiger partial charge in [0.25, 0.3) is 0 Å². The molecule has 0 radical (unpaired) electrons. The summed E-state index contributed by atoms with van der Waals surface area (Å²) in [6.07, 6.45) is 0.228. The highest BCUT2D eigenvalue weighted by molar-refractivity contribution is 6.30. The first-order valence-electron chi connectivity index (χ1n) is 7.53. The lowest BCUT2D eigenvalue weighted by atomic mass is 10.1. The molecule has 0 spiro atoms. The largest absolute Gasteiger partial charge is 0.356 e. The summed E-state index contributed by atoms with van der Waals surface area (Å²) in [5.41, 5.74) is 2.39. The number of carbonyl (C=O) groups excluding carboxylic acids is 1. The number of likely N-dealkylation sites (N-methyl/N-ethyl adjacent to an activating group) is 1. The van der Waals surface area contributed by atoms with Gasteiger partial charge < -0.3 is 9.42 Å². The van der Waals surface area contributed by atoms with Crippen molar-refractivity contribution in [2.45, 2.75) is 19.9 Å². The number of amides is 1. The molecule has 0 aliphatic rings. The van der Waals surface area contributed by atoms with Crippen molar-refractivity contribution in [2.75, 3.05) is 6.54 Å². The van der Waals surface area contributed by atoms with Crippen LogP contribution in [0.2, 0.25) is 5.02 Å². The summed E-state index contributed by atoms with van der Waals surface area (Å²) < 4.78 is 5.26. The smallest absolute Gasteiger partial charge is 0.229 e. The fourth-order valence-electron chi connectivity index (χ4n) is 2.55. The Morgan fingerprint density at radius 2 is 2.04 bits per heavy atom. The summed E-state index contributed by atoms with van der Waals surface area (Å²) in [4.78, 5) is 14.4. The Balaban J connectivity index is 1.75. The van der Waals surface area contributed by atoms with E-state index in [1.807, 2.05) is 55.5 Å². The molecule has 3 aromatic rings. The average Bonchev–Trinajstić information content (AvgIpc) is 2.96. The van der Waals surface area contributed by atoms with Crippen LogP contribution >= 0.6 is 11.6 Å². The molecule has 3 rings (SSSR count). The van der Waals surface area contributed by atoms with Gasteiger partial charge in [-0.3, -0.25) is 4.79 Å². The van der Waals surface area contributed by atoms with Crippen LogP contribution in [0.1, 0.15) is 18.2 Å². The van der Waals surface area contributed by atoms with Crippen molar-refractivity contribution >= 4 is 28.5 Å². The van der Waals surface area contributed by atoms with Crippen molar-refractivity contribution in [3.63, 3.8) is 0 Å². The predicted molar refractivity (Wildman–Crippen MR) is 90.3 cm³/mol. The van der Waals surface area contributed by atoms with Gasteiger partial charge in [-0.1, -0.05) is 41.0 Å². The highest BCUT2D eigenvalue weighted by atomic mass is 35.5. The quantitative estimate of drug-likeness (QED) is 0.709. The molecule has 4 nitrogen and oxygen atoms in total. The van der Waals surface area contributed by atoms with Gasteiger partial charge in [-0.25, -0.2) is 0 Å². The van der Waals surface area contributed by atoms with Gasteiger partial charge in [-0.2, -0.15) is 0 Å². The molecule has 0 bridgehead atoms. The maximum absolute atomic E-state index is 12.6. The van der Waals surface area contributed by atoms with E-state index < -0.39 is 0 Å².